The van der Waals surface area contributed by atoms with E-state index in [0.717, 1.165) is 5.56 Å². The van der Waals surface area contributed by atoms with Gasteiger partial charge in [-0.1, -0.05) is 19.9 Å². The van der Waals surface area contributed by atoms with Crippen LogP contribution in [0.3, 0.4) is 0 Å². The maximum Gasteiger partial charge on any atom is 0.255 e. The number of nitrogens with zero attached hydrogens (tertiary/aromatic N) is 1. The number of hydrogen-bond acceptors (Lipinski definition) is 9. The summed E-state index contributed by atoms with van der Waals surface area (Å²) in [5.74, 6) is -6.10. The summed E-state index contributed by atoms with van der Waals surface area (Å²) in [6, 6.07) is 3.72. The van der Waals surface area contributed by atoms with Crippen LogP contribution in [-0.4, -0.2) is 80.7 Å². The van der Waals surface area contributed by atoms with Crippen LogP contribution in [0.2, 0.25) is 0 Å². The number of carbonyl (C=O) groups excluding carboxylic acids is 3. The van der Waals surface area contributed by atoms with Crippen LogP contribution >= 0.6 is 0 Å². The molecule has 1 fully saturated rings. The lowest BCUT2D eigenvalue weighted by molar-refractivity contribution is -0.136. The van der Waals surface area contributed by atoms with Crippen LogP contribution in [-0.2, 0) is 20.7 Å². The number of aliphatic hydroxyl groups excluding tert-OH is 1. The molecule has 0 bridgehead atoms. The molecule has 0 radical (unpaired) electrons. The van der Waals surface area contributed by atoms with E-state index in [2.05, 4.69) is 0 Å². The molecule has 3 aliphatic rings. The molecule has 3 atom stereocenters. The Balaban J connectivity index is 1.79. The number of phenolic OH excluding ortho intramolecular Hbond substituents is 2. The van der Waals surface area contributed by atoms with Crippen LogP contribution < -0.4 is 5.73 Å². The molecule has 1 amide bonds. The SMILES string of the molecule is CC(C)c1ccc(O)c2c(O)c3c(cc12)CC1[C@@H](N2CCOCC2)C(=O)C(C(N)=O)=C(O)[C@@]1(O)C3=O. The van der Waals surface area contributed by atoms with Crippen LogP contribution in [0.4, 0.5) is 0 Å². The highest BCUT2D eigenvalue weighted by Crippen LogP contribution is 2.50. The molecule has 0 aromatic heterocycles. The van der Waals surface area contributed by atoms with E-state index in [1.54, 1.807) is 17.0 Å². The third-order valence-electron chi connectivity index (χ3n) is 7.72. The Bertz CT molecular complexity index is 1360. The first kappa shape index (κ1) is 24.2. The zero-order valence-electron chi connectivity index (χ0n) is 19.9. The Morgan fingerprint density at radius 2 is 1.83 bits per heavy atom. The molecule has 1 heterocycles. The summed E-state index contributed by atoms with van der Waals surface area (Å²) in [7, 11) is 0. The molecule has 0 saturated carbocycles. The fraction of sp³-hybridized carbons (Fsp3) is 0.423. The number of carbonyl (C=O) groups is 3. The van der Waals surface area contributed by atoms with Gasteiger partial charge in [0.25, 0.3) is 5.91 Å². The number of morpholine rings is 1. The van der Waals surface area contributed by atoms with Crippen LogP contribution in [0.1, 0.15) is 41.3 Å². The predicted octanol–water partition coefficient (Wildman–Crippen LogP) is 1.04. The summed E-state index contributed by atoms with van der Waals surface area (Å²) in [5.41, 5.74) is 2.83. The minimum atomic E-state index is -2.68. The van der Waals surface area contributed by atoms with E-state index in [1.807, 2.05) is 13.8 Å². The van der Waals surface area contributed by atoms with Gasteiger partial charge in [0.2, 0.25) is 5.78 Å². The number of amides is 1. The van der Waals surface area contributed by atoms with Crippen molar-refractivity contribution in [1.82, 2.24) is 4.90 Å². The summed E-state index contributed by atoms with van der Waals surface area (Å²) in [6.07, 6.45) is -0.0574. The van der Waals surface area contributed by atoms with Gasteiger partial charge < -0.3 is 30.9 Å². The van der Waals surface area contributed by atoms with E-state index in [0.29, 0.717) is 37.3 Å². The number of benzene rings is 2. The number of primary amides is 1. The molecule has 36 heavy (non-hydrogen) atoms. The quantitative estimate of drug-likeness (QED) is 0.390. The van der Waals surface area contributed by atoms with Crippen molar-refractivity contribution in [2.45, 2.75) is 37.8 Å². The number of phenols is 2. The topological polar surface area (TPSA) is 171 Å². The zero-order chi connectivity index (χ0) is 26.1. The Kier molecular flexibility index (Phi) is 5.58. The fourth-order valence-corrected chi connectivity index (χ4v) is 5.99. The van der Waals surface area contributed by atoms with Gasteiger partial charge in [-0.05, 0) is 41.0 Å². The lowest BCUT2D eigenvalue weighted by Crippen LogP contribution is -2.66. The first-order valence-electron chi connectivity index (χ1n) is 11.9. The largest absolute Gasteiger partial charge is 0.508 e. The van der Waals surface area contributed by atoms with Gasteiger partial charge in [0.05, 0.1) is 30.2 Å². The highest BCUT2D eigenvalue weighted by molar-refractivity contribution is 6.25. The van der Waals surface area contributed by atoms with E-state index >= 15 is 0 Å². The lowest BCUT2D eigenvalue weighted by Gasteiger charge is -2.49. The van der Waals surface area contributed by atoms with E-state index in [9.17, 15) is 34.8 Å². The highest BCUT2D eigenvalue weighted by Gasteiger charge is 2.62. The Morgan fingerprint density at radius 1 is 1.17 bits per heavy atom. The van der Waals surface area contributed by atoms with Crippen molar-refractivity contribution in [2.75, 3.05) is 26.3 Å². The number of rotatable bonds is 3. The van der Waals surface area contributed by atoms with E-state index in [1.165, 1.54) is 6.07 Å². The molecule has 0 spiro atoms. The molecule has 1 unspecified atom stereocenters. The average Bonchev–Trinajstić information content (AvgIpc) is 2.82. The maximum absolute atomic E-state index is 13.9. The van der Waals surface area contributed by atoms with Gasteiger partial charge >= 0.3 is 0 Å². The second-order valence-electron chi connectivity index (χ2n) is 9.96. The van der Waals surface area contributed by atoms with Gasteiger partial charge in [-0.2, -0.15) is 0 Å². The van der Waals surface area contributed by atoms with Gasteiger partial charge in [0.15, 0.2) is 11.4 Å². The van der Waals surface area contributed by atoms with Gasteiger partial charge in [0.1, 0.15) is 22.8 Å². The summed E-state index contributed by atoms with van der Waals surface area (Å²) in [6.45, 7) is 5.15. The van der Waals surface area contributed by atoms with Crippen LogP contribution in [0.15, 0.2) is 29.5 Å². The minimum Gasteiger partial charge on any atom is -0.508 e. The van der Waals surface area contributed by atoms with Crippen LogP contribution in [0.5, 0.6) is 11.5 Å². The third kappa shape index (κ3) is 3.18. The summed E-state index contributed by atoms with van der Waals surface area (Å²) < 4.78 is 5.38. The number of aliphatic hydroxyl groups is 2. The van der Waals surface area contributed by atoms with Crippen molar-refractivity contribution >= 4 is 28.2 Å². The molecule has 2 aliphatic carbocycles. The molecule has 1 saturated heterocycles. The Hall–Kier alpha value is -3.47. The average molecular weight is 497 g/mol. The van der Waals surface area contributed by atoms with Gasteiger partial charge in [-0.15, -0.1) is 0 Å². The molecule has 5 rings (SSSR count). The second kappa shape index (κ2) is 8.29. The van der Waals surface area contributed by atoms with Crippen molar-refractivity contribution in [3.8, 4) is 11.5 Å². The van der Waals surface area contributed by atoms with Crippen molar-refractivity contribution < 1.29 is 39.5 Å². The van der Waals surface area contributed by atoms with Crippen molar-refractivity contribution in [3.63, 3.8) is 0 Å². The molecule has 6 N–H and O–H groups in total. The third-order valence-corrected chi connectivity index (χ3v) is 7.72. The number of ketones is 2. The minimum absolute atomic E-state index is 0.0317. The summed E-state index contributed by atoms with van der Waals surface area (Å²) in [5, 5.41) is 45.1. The number of aromatic hydroxyl groups is 2. The predicted molar refractivity (Wildman–Crippen MR) is 128 cm³/mol. The zero-order valence-corrected chi connectivity index (χ0v) is 19.9. The molecular weight excluding hydrogens is 468 g/mol. The fourth-order valence-electron chi connectivity index (χ4n) is 5.99. The van der Waals surface area contributed by atoms with Crippen LogP contribution in [0.25, 0.3) is 10.8 Å². The van der Waals surface area contributed by atoms with E-state index < -0.39 is 52.1 Å². The summed E-state index contributed by atoms with van der Waals surface area (Å²) >= 11 is 0. The molecule has 2 aromatic rings. The number of ether oxygens (including phenoxy) is 1. The van der Waals surface area contributed by atoms with Crippen molar-refractivity contribution in [1.29, 1.82) is 0 Å². The second-order valence-corrected chi connectivity index (χ2v) is 9.96. The maximum atomic E-state index is 13.9. The monoisotopic (exact) mass is 496 g/mol. The van der Waals surface area contributed by atoms with Crippen molar-refractivity contribution in [2.24, 2.45) is 11.7 Å². The van der Waals surface area contributed by atoms with Gasteiger partial charge in [-0.25, -0.2) is 0 Å². The molecule has 10 nitrogen and oxygen atoms in total. The molecular formula is C26H28N2O8. The smallest absolute Gasteiger partial charge is 0.255 e. The summed E-state index contributed by atoms with van der Waals surface area (Å²) in [4.78, 5) is 41.3. The standard InChI is InChI=1S/C26H28N2O8/c1-11(2)13-3-4-16(29)18-14(13)9-12-10-15-20(28-5-7-36-8-6-28)22(31)19(25(27)34)24(33)26(15,35)23(32)17(12)21(18)30/h3-4,9,11,15,20,29-30,33,35H,5-8,10H2,1-2H3,(H2,27,34)/t15?,20-,26+/m1/s1. The molecule has 1 aliphatic heterocycles. The number of Topliss-reactive ketones (excluding diaryl/α,β-unsaturated/α-hetero) is 2. The van der Waals surface area contributed by atoms with Gasteiger partial charge in [0, 0.05) is 19.0 Å². The first-order chi connectivity index (χ1) is 17.0. The molecule has 190 valence electrons. The number of fused-ring (bicyclic) bond motifs is 3. The van der Waals surface area contributed by atoms with E-state index in [-0.39, 0.29) is 29.0 Å². The Morgan fingerprint density at radius 3 is 2.44 bits per heavy atom. The van der Waals surface area contributed by atoms with Crippen LogP contribution in [0, 0.1) is 5.92 Å². The molecule has 2 aromatic carbocycles. The molecule has 10 heteroatoms. The first-order valence-corrected chi connectivity index (χ1v) is 11.9. The number of hydrogen-bond donors (Lipinski definition) is 5. The number of nitrogens with two attached hydrogens (primary N) is 1. The van der Waals surface area contributed by atoms with E-state index in [4.69, 9.17) is 10.5 Å². The highest BCUT2D eigenvalue weighted by atomic mass is 16.5. The van der Waals surface area contributed by atoms with Crippen molar-refractivity contribution in [3.05, 3.63) is 46.2 Å². The van der Waals surface area contributed by atoms with Gasteiger partial charge in [-0.3, -0.25) is 19.3 Å². The Labute approximate surface area is 206 Å². The lowest BCUT2D eigenvalue weighted by atomic mass is 9.61. The normalized spacial score (nSPS) is 26.9.